The first-order chi connectivity index (χ1) is 7.95. The van der Waals surface area contributed by atoms with E-state index in [1.807, 2.05) is 0 Å². The van der Waals surface area contributed by atoms with Crippen LogP contribution in [0.15, 0.2) is 30.5 Å². The molecule has 1 aliphatic rings. The molecule has 1 heterocycles. The number of halogens is 2. The first kappa shape index (κ1) is 12.4. The molecule has 0 spiro atoms. The lowest BCUT2D eigenvalue weighted by Crippen LogP contribution is -2.44. The van der Waals surface area contributed by atoms with Crippen LogP contribution in [-0.4, -0.2) is 26.0 Å². The molecule has 0 aromatic carbocycles. The third-order valence-electron chi connectivity index (χ3n) is 2.73. The summed E-state index contributed by atoms with van der Waals surface area (Å²) in [4.78, 5) is 15.4. The number of aliphatic hydroxyl groups is 1. The molecule has 0 amide bonds. The van der Waals surface area contributed by atoms with Crippen LogP contribution in [0.3, 0.4) is 0 Å². The normalized spacial score (nSPS) is 27.4. The van der Waals surface area contributed by atoms with E-state index >= 15 is 0 Å². The number of carbonyl (C=O) groups is 1. The Bertz CT molecular complexity index is 522. The van der Waals surface area contributed by atoms with Crippen LogP contribution < -0.4 is 0 Å². The summed E-state index contributed by atoms with van der Waals surface area (Å²) in [7, 11) is 0. The highest BCUT2D eigenvalue weighted by Crippen LogP contribution is 2.33. The second-order valence-corrected chi connectivity index (χ2v) is 4.54. The Morgan fingerprint density at radius 3 is 2.76 bits per heavy atom. The summed E-state index contributed by atoms with van der Waals surface area (Å²) in [6.45, 7) is 1.32. The molecule has 0 saturated carbocycles. The fourth-order valence-corrected chi connectivity index (χ4v) is 2.26. The molecule has 0 bridgehead atoms. The van der Waals surface area contributed by atoms with E-state index in [0.29, 0.717) is 0 Å². The highest BCUT2D eigenvalue weighted by atomic mass is 35.5. The fraction of sp³-hybridized carbons (Fsp3) is 0.273. The van der Waals surface area contributed by atoms with Gasteiger partial charge in [0.05, 0.1) is 6.04 Å². The number of carbonyl (C=O) groups excluding carboxylic acids is 1. The van der Waals surface area contributed by atoms with E-state index in [-0.39, 0.29) is 16.2 Å². The van der Waals surface area contributed by atoms with Gasteiger partial charge in [0.2, 0.25) is 5.28 Å². The molecule has 0 saturated heterocycles. The van der Waals surface area contributed by atoms with Crippen molar-refractivity contribution >= 4 is 29.0 Å². The topological polar surface area (TPSA) is 55.1 Å². The van der Waals surface area contributed by atoms with E-state index in [1.54, 1.807) is 18.2 Å². The standard InChI is InChI=1S/C11H10Cl2N2O2/c1-7(16)11(17)5-3-2-4-8(11)15-6-9(12)14-10(15)13/h2-6,8,17H,1H3/t8-,11-/m0/s1. The molecular formula is C11H10Cl2N2O2. The van der Waals surface area contributed by atoms with Crippen LogP contribution in [0, 0.1) is 0 Å². The van der Waals surface area contributed by atoms with Gasteiger partial charge in [0.15, 0.2) is 11.4 Å². The van der Waals surface area contributed by atoms with Crippen molar-refractivity contribution in [2.24, 2.45) is 0 Å². The van der Waals surface area contributed by atoms with E-state index in [1.165, 1.54) is 23.8 Å². The number of allylic oxidation sites excluding steroid dienone is 2. The van der Waals surface area contributed by atoms with Crippen LogP contribution in [0.4, 0.5) is 0 Å². The fourth-order valence-electron chi connectivity index (χ4n) is 1.79. The Balaban J connectivity index is 2.50. The molecular weight excluding hydrogens is 263 g/mol. The van der Waals surface area contributed by atoms with Crippen LogP contribution in [0.1, 0.15) is 13.0 Å². The average molecular weight is 273 g/mol. The molecule has 1 aliphatic carbocycles. The molecule has 0 aliphatic heterocycles. The van der Waals surface area contributed by atoms with Crippen molar-refractivity contribution in [3.8, 4) is 0 Å². The Morgan fingerprint density at radius 1 is 1.53 bits per heavy atom. The number of aromatic nitrogens is 2. The number of hydrogen-bond acceptors (Lipinski definition) is 3. The Morgan fingerprint density at radius 2 is 2.24 bits per heavy atom. The van der Waals surface area contributed by atoms with Gasteiger partial charge in [-0.25, -0.2) is 4.98 Å². The summed E-state index contributed by atoms with van der Waals surface area (Å²) in [6.07, 6.45) is 7.93. The monoisotopic (exact) mass is 272 g/mol. The average Bonchev–Trinajstić information content (AvgIpc) is 2.58. The van der Waals surface area contributed by atoms with E-state index in [4.69, 9.17) is 23.2 Å². The summed E-state index contributed by atoms with van der Waals surface area (Å²) in [5.74, 6) is -0.371. The number of nitrogens with zero attached hydrogens (tertiary/aromatic N) is 2. The largest absolute Gasteiger partial charge is 0.375 e. The van der Waals surface area contributed by atoms with Gasteiger partial charge in [-0.05, 0) is 24.6 Å². The smallest absolute Gasteiger partial charge is 0.204 e. The van der Waals surface area contributed by atoms with Crippen molar-refractivity contribution in [3.05, 3.63) is 40.9 Å². The van der Waals surface area contributed by atoms with Crippen LogP contribution in [-0.2, 0) is 4.79 Å². The zero-order valence-corrected chi connectivity index (χ0v) is 10.5. The number of ketones is 1. The summed E-state index contributed by atoms with van der Waals surface area (Å²) in [5.41, 5.74) is -1.62. The summed E-state index contributed by atoms with van der Waals surface area (Å²) < 4.78 is 1.46. The molecule has 1 aromatic heterocycles. The van der Waals surface area contributed by atoms with Gasteiger partial charge >= 0.3 is 0 Å². The lowest BCUT2D eigenvalue weighted by atomic mass is 9.86. The summed E-state index contributed by atoms with van der Waals surface area (Å²) in [6, 6.07) is -0.641. The van der Waals surface area contributed by atoms with Gasteiger partial charge in [-0.2, -0.15) is 0 Å². The summed E-state index contributed by atoms with van der Waals surface area (Å²) >= 11 is 11.6. The number of rotatable bonds is 2. The van der Waals surface area contributed by atoms with Crippen molar-refractivity contribution in [3.63, 3.8) is 0 Å². The molecule has 6 heteroatoms. The van der Waals surface area contributed by atoms with Gasteiger partial charge in [0.25, 0.3) is 0 Å². The van der Waals surface area contributed by atoms with Crippen molar-refractivity contribution in [2.75, 3.05) is 0 Å². The van der Waals surface area contributed by atoms with E-state index in [9.17, 15) is 9.90 Å². The van der Waals surface area contributed by atoms with E-state index in [0.717, 1.165) is 0 Å². The van der Waals surface area contributed by atoms with Crippen molar-refractivity contribution in [2.45, 2.75) is 18.6 Å². The molecule has 0 fully saturated rings. The number of Topliss-reactive ketones (excluding diaryl/α,β-unsaturated/α-hetero) is 1. The minimum Gasteiger partial charge on any atom is -0.375 e. The predicted molar refractivity (Wildman–Crippen MR) is 65.2 cm³/mol. The first-order valence-electron chi connectivity index (χ1n) is 4.94. The van der Waals surface area contributed by atoms with Gasteiger partial charge < -0.3 is 9.67 Å². The van der Waals surface area contributed by atoms with Crippen LogP contribution in [0.25, 0.3) is 0 Å². The first-order valence-corrected chi connectivity index (χ1v) is 5.70. The van der Waals surface area contributed by atoms with Gasteiger partial charge in [-0.3, -0.25) is 4.79 Å². The molecule has 0 radical (unpaired) electrons. The van der Waals surface area contributed by atoms with Crippen molar-refractivity contribution < 1.29 is 9.90 Å². The zero-order valence-electron chi connectivity index (χ0n) is 8.97. The molecule has 4 nitrogen and oxygen atoms in total. The highest BCUT2D eigenvalue weighted by molar-refractivity contribution is 6.32. The van der Waals surface area contributed by atoms with Gasteiger partial charge in [0.1, 0.15) is 5.15 Å². The molecule has 90 valence electrons. The quantitative estimate of drug-likeness (QED) is 0.898. The van der Waals surface area contributed by atoms with E-state index < -0.39 is 11.6 Å². The maximum atomic E-state index is 11.6. The van der Waals surface area contributed by atoms with Crippen molar-refractivity contribution in [1.29, 1.82) is 0 Å². The maximum Gasteiger partial charge on any atom is 0.204 e. The number of imidazole rings is 1. The highest BCUT2D eigenvalue weighted by Gasteiger charge is 2.40. The van der Waals surface area contributed by atoms with Crippen LogP contribution in [0.5, 0.6) is 0 Å². The molecule has 2 atom stereocenters. The second kappa shape index (κ2) is 4.29. The SMILES string of the molecule is CC(=O)[C@@]1(O)C=CC=C[C@@H]1n1cc(Cl)nc1Cl. The lowest BCUT2D eigenvalue weighted by Gasteiger charge is -2.32. The van der Waals surface area contributed by atoms with E-state index in [2.05, 4.69) is 4.98 Å². The van der Waals surface area contributed by atoms with Gasteiger partial charge in [-0.15, -0.1) is 0 Å². The molecule has 17 heavy (non-hydrogen) atoms. The second-order valence-electron chi connectivity index (χ2n) is 3.81. The molecule has 2 rings (SSSR count). The summed E-state index contributed by atoms with van der Waals surface area (Å²) in [5, 5.41) is 10.7. The van der Waals surface area contributed by atoms with Gasteiger partial charge in [0, 0.05) is 6.20 Å². The Kier molecular flexibility index (Phi) is 3.12. The molecule has 1 aromatic rings. The van der Waals surface area contributed by atoms with Crippen LogP contribution in [0.2, 0.25) is 10.4 Å². The van der Waals surface area contributed by atoms with Gasteiger partial charge in [-0.1, -0.05) is 29.8 Å². The Labute approximate surface area is 108 Å². The number of hydrogen-bond donors (Lipinski definition) is 1. The third kappa shape index (κ3) is 2.04. The minimum atomic E-state index is -1.62. The molecule has 0 unspecified atom stereocenters. The molecule has 1 N–H and O–H groups in total. The third-order valence-corrected chi connectivity index (χ3v) is 3.19. The van der Waals surface area contributed by atoms with Crippen LogP contribution >= 0.6 is 23.2 Å². The Hall–Kier alpha value is -1.10. The predicted octanol–water partition coefficient (Wildman–Crippen LogP) is 2.18. The minimum absolute atomic E-state index is 0.125. The zero-order chi connectivity index (χ0) is 12.6. The maximum absolute atomic E-state index is 11.6. The van der Waals surface area contributed by atoms with Crippen molar-refractivity contribution in [1.82, 2.24) is 9.55 Å². The lowest BCUT2D eigenvalue weighted by molar-refractivity contribution is -0.133.